The zero-order chi connectivity index (χ0) is 15.4. The van der Waals surface area contributed by atoms with Gasteiger partial charge < -0.3 is 19.5 Å². The van der Waals surface area contributed by atoms with Crippen LogP contribution < -0.4 is 9.47 Å². The number of benzene rings is 1. The molecule has 1 heterocycles. The minimum atomic E-state index is 0.241. The van der Waals surface area contributed by atoms with E-state index in [-0.39, 0.29) is 6.61 Å². The van der Waals surface area contributed by atoms with Crippen molar-refractivity contribution in [2.24, 2.45) is 5.92 Å². The second-order valence-corrected chi connectivity index (χ2v) is 5.86. The van der Waals surface area contributed by atoms with Gasteiger partial charge in [0.25, 0.3) is 0 Å². The Morgan fingerprint density at radius 1 is 1.19 bits per heavy atom. The van der Waals surface area contributed by atoms with Gasteiger partial charge in [0.15, 0.2) is 11.5 Å². The molecule has 0 aliphatic carbocycles. The largest absolute Gasteiger partial charge is 0.493 e. The zero-order valence-corrected chi connectivity index (χ0v) is 13.4. The molecule has 0 bridgehead atoms. The highest BCUT2D eigenvalue weighted by molar-refractivity contribution is 5.42. The van der Waals surface area contributed by atoms with Crippen LogP contribution in [0.2, 0.25) is 0 Å². The number of nitrogens with zero attached hydrogens (tertiary/aromatic N) is 2. The molecule has 0 unspecified atom stereocenters. The van der Waals surface area contributed by atoms with E-state index in [1.807, 2.05) is 12.1 Å². The minimum Gasteiger partial charge on any atom is -0.493 e. The molecule has 2 atom stereocenters. The first-order chi connectivity index (χ1) is 10.1. The number of rotatable bonds is 6. The molecule has 0 spiro atoms. The third-order valence-electron chi connectivity index (χ3n) is 4.23. The van der Waals surface area contributed by atoms with Gasteiger partial charge in [-0.3, -0.25) is 4.90 Å². The molecule has 1 aromatic rings. The van der Waals surface area contributed by atoms with Crippen LogP contribution in [-0.4, -0.2) is 69.0 Å². The van der Waals surface area contributed by atoms with Gasteiger partial charge in [-0.15, -0.1) is 0 Å². The van der Waals surface area contributed by atoms with Gasteiger partial charge in [0.05, 0.1) is 14.2 Å². The van der Waals surface area contributed by atoms with Crippen LogP contribution in [0.1, 0.15) is 5.56 Å². The van der Waals surface area contributed by atoms with Crippen LogP contribution >= 0.6 is 0 Å². The summed E-state index contributed by atoms with van der Waals surface area (Å²) in [5.74, 6) is 1.83. The van der Waals surface area contributed by atoms with Crippen molar-refractivity contribution in [3.05, 3.63) is 23.8 Å². The molecule has 0 aromatic heterocycles. The van der Waals surface area contributed by atoms with E-state index >= 15 is 0 Å². The second-order valence-electron chi connectivity index (χ2n) is 5.86. The molecule has 1 fully saturated rings. The van der Waals surface area contributed by atoms with Crippen molar-refractivity contribution in [2.75, 3.05) is 48.0 Å². The van der Waals surface area contributed by atoms with E-state index in [4.69, 9.17) is 9.47 Å². The number of methoxy groups -OCH3 is 2. The minimum absolute atomic E-state index is 0.241. The number of hydrogen-bond acceptors (Lipinski definition) is 5. The second kappa shape index (κ2) is 7.11. The topological polar surface area (TPSA) is 45.2 Å². The van der Waals surface area contributed by atoms with E-state index in [2.05, 4.69) is 30.0 Å². The molecule has 5 nitrogen and oxygen atoms in total. The standard InChI is InChI=1S/C16H26N2O3/c1-17(2)14-10-18(9-13(14)11-19)8-12-5-6-15(20-3)16(7-12)21-4/h5-7,13-14,19H,8-11H2,1-4H3/t13-,14+/m0/s1. The van der Waals surface area contributed by atoms with Gasteiger partial charge in [-0.05, 0) is 31.8 Å². The molecule has 0 saturated carbocycles. The summed E-state index contributed by atoms with van der Waals surface area (Å²) in [6, 6.07) is 6.45. The van der Waals surface area contributed by atoms with Crippen LogP contribution in [-0.2, 0) is 6.54 Å². The van der Waals surface area contributed by atoms with E-state index < -0.39 is 0 Å². The number of aliphatic hydroxyl groups is 1. The highest BCUT2D eigenvalue weighted by atomic mass is 16.5. The Bertz CT molecular complexity index is 465. The predicted molar refractivity (Wildman–Crippen MR) is 82.9 cm³/mol. The fourth-order valence-electron chi connectivity index (χ4n) is 3.07. The summed E-state index contributed by atoms with van der Waals surface area (Å²) in [6.45, 7) is 3.01. The Kier molecular flexibility index (Phi) is 5.45. The highest BCUT2D eigenvalue weighted by Crippen LogP contribution is 2.29. The Hall–Kier alpha value is -1.30. The average Bonchev–Trinajstić information content (AvgIpc) is 2.90. The summed E-state index contributed by atoms with van der Waals surface area (Å²) in [5, 5.41) is 9.53. The lowest BCUT2D eigenvalue weighted by atomic mass is 10.0. The van der Waals surface area contributed by atoms with E-state index in [0.29, 0.717) is 12.0 Å². The van der Waals surface area contributed by atoms with Gasteiger partial charge in [0.1, 0.15) is 0 Å². The van der Waals surface area contributed by atoms with Gasteiger partial charge >= 0.3 is 0 Å². The average molecular weight is 294 g/mol. The number of aliphatic hydroxyl groups excluding tert-OH is 1. The normalized spacial score (nSPS) is 22.8. The first kappa shape index (κ1) is 16.1. The molecule has 1 aliphatic heterocycles. The Morgan fingerprint density at radius 3 is 2.43 bits per heavy atom. The van der Waals surface area contributed by atoms with E-state index in [0.717, 1.165) is 31.1 Å². The van der Waals surface area contributed by atoms with Crippen molar-refractivity contribution < 1.29 is 14.6 Å². The third kappa shape index (κ3) is 3.67. The molecule has 1 saturated heterocycles. The maximum absolute atomic E-state index is 9.53. The van der Waals surface area contributed by atoms with E-state index in [1.54, 1.807) is 14.2 Å². The lowest BCUT2D eigenvalue weighted by molar-refractivity contribution is 0.167. The summed E-state index contributed by atoms with van der Waals surface area (Å²) in [7, 11) is 7.45. The maximum Gasteiger partial charge on any atom is 0.161 e. The molecular formula is C16H26N2O3. The van der Waals surface area contributed by atoms with Crippen molar-refractivity contribution >= 4 is 0 Å². The van der Waals surface area contributed by atoms with Crippen LogP contribution in [0.25, 0.3) is 0 Å². The molecule has 1 aliphatic rings. The molecular weight excluding hydrogens is 268 g/mol. The maximum atomic E-state index is 9.53. The van der Waals surface area contributed by atoms with Crippen LogP contribution in [0.15, 0.2) is 18.2 Å². The summed E-state index contributed by atoms with van der Waals surface area (Å²) in [4.78, 5) is 4.59. The zero-order valence-electron chi connectivity index (χ0n) is 13.4. The van der Waals surface area contributed by atoms with Gasteiger partial charge in [0, 0.05) is 38.2 Å². The van der Waals surface area contributed by atoms with Crippen molar-refractivity contribution in [1.29, 1.82) is 0 Å². The number of likely N-dealkylation sites (tertiary alicyclic amines) is 1. The molecule has 5 heteroatoms. The molecule has 1 N–H and O–H groups in total. The van der Waals surface area contributed by atoms with Crippen LogP contribution in [0.3, 0.4) is 0 Å². The summed E-state index contributed by atoms with van der Waals surface area (Å²) in [5.41, 5.74) is 1.20. The van der Waals surface area contributed by atoms with Crippen LogP contribution in [0.4, 0.5) is 0 Å². The van der Waals surface area contributed by atoms with Crippen LogP contribution in [0.5, 0.6) is 11.5 Å². The Morgan fingerprint density at radius 2 is 1.90 bits per heavy atom. The van der Waals surface area contributed by atoms with E-state index in [9.17, 15) is 5.11 Å². The first-order valence-electron chi connectivity index (χ1n) is 7.29. The quantitative estimate of drug-likeness (QED) is 0.850. The molecule has 0 radical (unpaired) electrons. The van der Waals surface area contributed by atoms with Crippen molar-refractivity contribution in [3.8, 4) is 11.5 Å². The van der Waals surface area contributed by atoms with Gasteiger partial charge in [-0.2, -0.15) is 0 Å². The number of likely N-dealkylation sites (N-methyl/N-ethyl adjacent to an activating group) is 1. The third-order valence-corrected chi connectivity index (χ3v) is 4.23. The number of hydrogen-bond donors (Lipinski definition) is 1. The molecule has 1 aromatic carbocycles. The Balaban J connectivity index is 2.05. The molecule has 2 rings (SSSR count). The van der Waals surface area contributed by atoms with Crippen molar-refractivity contribution in [3.63, 3.8) is 0 Å². The monoisotopic (exact) mass is 294 g/mol. The van der Waals surface area contributed by atoms with Gasteiger partial charge in [-0.25, -0.2) is 0 Å². The summed E-state index contributed by atoms with van der Waals surface area (Å²) < 4.78 is 10.6. The van der Waals surface area contributed by atoms with E-state index in [1.165, 1.54) is 5.56 Å². The van der Waals surface area contributed by atoms with Gasteiger partial charge in [0.2, 0.25) is 0 Å². The Labute approximate surface area is 127 Å². The highest BCUT2D eigenvalue weighted by Gasteiger charge is 2.33. The first-order valence-corrected chi connectivity index (χ1v) is 7.29. The summed E-state index contributed by atoms with van der Waals surface area (Å²) in [6.07, 6.45) is 0. The number of ether oxygens (including phenoxy) is 2. The lowest BCUT2D eigenvalue weighted by Gasteiger charge is -2.23. The molecule has 21 heavy (non-hydrogen) atoms. The van der Waals surface area contributed by atoms with Crippen LogP contribution in [0, 0.1) is 5.92 Å². The SMILES string of the molecule is COc1ccc(CN2C[C@@H](CO)[C@H](N(C)C)C2)cc1OC. The molecule has 0 amide bonds. The molecule has 118 valence electrons. The lowest BCUT2D eigenvalue weighted by Crippen LogP contribution is -2.36. The predicted octanol–water partition coefficient (Wildman–Crippen LogP) is 1.06. The van der Waals surface area contributed by atoms with Gasteiger partial charge in [-0.1, -0.05) is 6.07 Å². The summed E-state index contributed by atoms with van der Waals surface area (Å²) >= 11 is 0. The van der Waals surface area contributed by atoms with Crippen molar-refractivity contribution in [1.82, 2.24) is 9.80 Å². The smallest absolute Gasteiger partial charge is 0.161 e. The fraction of sp³-hybridized carbons (Fsp3) is 0.625. The van der Waals surface area contributed by atoms with Crippen molar-refractivity contribution in [2.45, 2.75) is 12.6 Å². The fourth-order valence-corrected chi connectivity index (χ4v) is 3.07.